The molecule has 21 heavy (non-hydrogen) atoms. The van der Waals surface area contributed by atoms with E-state index in [1.807, 2.05) is 61.5 Å². The highest BCUT2D eigenvalue weighted by atomic mass is 16.3. The molecule has 2 aromatic rings. The van der Waals surface area contributed by atoms with Crippen molar-refractivity contribution in [3.63, 3.8) is 0 Å². The third kappa shape index (κ3) is 2.16. The van der Waals surface area contributed by atoms with E-state index in [4.69, 9.17) is 0 Å². The average molecular weight is 279 g/mol. The van der Waals surface area contributed by atoms with Crippen LogP contribution in [-0.2, 0) is 10.4 Å². The third-order valence-corrected chi connectivity index (χ3v) is 3.99. The van der Waals surface area contributed by atoms with Crippen molar-refractivity contribution in [2.75, 3.05) is 11.4 Å². The smallest absolute Gasteiger partial charge is 0.257 e. The molecule has 0 saturated carbocycles. The molecule has 0 spiro atoms. The Morgan fingerprint density at radius 2 is 1.71 bits per heavy atom. The Morgan fingerprint density at radius 3 is 2.33 bits per heavy atom. The zero-order valence-corrected chi connectivity index (χ0v) is 11.9. The van der Waals surface area contributed by atoms with E-state index in [0.29, 0.717) is 5.56 Å². The van der Waals surface area contributed by atoms with Gasteiger partial charge >= 0.3 is 0 Å². The van der Waals surface area contributed by atoms with Crippen molar-refractivity contribution in [2.45, 2.75) is 12.5 Å². The Labute approximate surface area is 124 Å². The Morgan fingerprint density at radius 1 is 1.10 bits per heavy atom. The van der Waals surface area contributed by atoms with E-state index in [1.165, 1.54) is 0 Å². The molecule has 3 nitrogen and oxygen atoms in total. The Kier molecular flexibility index (Phi) is 3.15. The van der Waals surface area contributed by atoms with E-state index < -0.39 is 5.60 Å². The van der Waals surface area contributed by atoms with E-state index in [-0.39, 0.29) is 18.0 Å². The lowest BCUT2D eigenvalue weighted by atomic mass is 9.89. The van der Waals surface area contributed by atoms with E-state index in [1.54, 1.807) is 4.90 Å². The van der Waals surface area contributed by atoms with Crippen LogP contribution in [0.25, 0.3) is 0 Å². The summed E-state index contributed by atoms with van der Waals surface area (Å²) >= 11 is 0. The first-order valence-electron chi connectivity index (χ1n) is 6.88. The SMILES string of the molecule is C=C1C(=O)N(c2ccccc2)CC1(O)c1ccc(C)cc1. The third-order valence-electron chi connectivity index (χ3n) is 3.99. The minimum absolute atomic E-state index is 0.192. The van der Waals surface area contributed by atoms with E-state index in [0.717, 1.165) is 11.3 Å². The molecule has 106 valence electrons. The number of carbonyl (C=O) groups is 1. The lowest BCUT2D eigenvalue weighted by molar-refractivity contribution is -0.114. The van der Waals surface area contributed by atoms with Crippen LogP contribution in [0.3, 0.4) is 0 Å². The number of anilines is 1. The second kappa shape index (κ2) is 4.86. The largest absolute Gasteiger partial charge is 0.378 e. The normalized spacial score (nSPS) is 21.9. The zero-order valence-electron chi connectivity index (χ0n) is 11.9. The number of aliphatic hydroxyl groups is 1. The summed E-state index contributed by atoms with van der Waals surface area (Å²) in [5.74, 6) is -0.232. The molecule has 3 heteroatoms. The first-order chi connectivity index (χ1) is 10.0. The molecular formula is C18H17NO2. The van der Waals surface area contributed by atoms with E-state index in [2.05, 4.69) is 6.58 Å². The monoisotopic (exact) mass is 279 g/mol. The highest BCUT2D eigenvalue weighted by Crippen LogP contribution is 2.38. The highest BCUT2D eigenvalue weighted by molar-refractivity contribution is 6.09. The van der Waals surface area contributed by atoms with Crippen molar-refractivity contribution < 1.29 is 9.90 Å². The number of carbonyl (C=O) groups excluding carboxylic acids is 1. The van der Waals surface area contributed by atoms with Gasteiger partial charge in [0.05, 0.1) is 6.54 Å². The molecule has 1 aliphatic rings. The van der Waals surface area contributed by atoms with Crippen LogP contribution in [0.1, 0.15) is 11.1 Å². The van der Waals surface area contributed by atoms with Gasteiger partial charge in [-0.1, -0.05) is 54.6 Å². The molecule has 1 heterocycles. The van der Waals surface area contributed by atoms with Crippen LogP contribution in [0.2, 0.25) is 0 Å². The number of aryl methyl sites for hydroxylation is 1. The standard InChI is InChI=1S/C18H17NO2/c1-13-8-10-15(11-9-13)18(21)12-19(17(20)14(18)2)16-6-4-3-5-7-16/h3-11,21H,2,12H2,1H3. The fraction of sp³-hybridized carbons (Fsp3) is 0.167. The summed E-state index contributed by atoms with van der Waals surface area (Å²) < 4.78 is 0. The van der Waals surface area contributed by atoms with Crippen molar-refractivity contribution in [1.82, 2.24) is 0 Å². The second-order valence-electron chi connectivity index (χ2n) is 5.43. The van der Waals surface area contributed by atoms with Crippen LogP contribution in [-0.4, -0.2) is 17.6 Å². The minimum Gasteiger partial charge on any atom is -0.378 e. The summed E-state index contributed by atoms with van der Waals surface area (Å²) in [6, 6.07) is 16.9. The zero-order chi connectivity index (χ0) is 15.0. The minimum atomic E-state index is -1.33. The molecule has 0 radical (unpaired) electrons. The first-order valence-corrected chi connectivity index (χ1v) is 6.88. The molecule has 1 amide bonds. The maximum absolute atomic E-state index is 12.4. The molecule has 1 saturated heterocycles. The predicted molar refractivity (Wildman–Crippen MR) is 83.0 cm³/mol. The van der Waals surface area contributed by atoms with Crippen LogP contribution in [0.15, 0.2) is 66.7 Å². The van der Waals surface area contributed by atoms with Gasteiger partial charge in [0, 0.05) is 11.3 Å². The van der Waals surface area contributed by atoms with Crippen LogP contribution >= 0.6 is 0 Å². The molecule has 1 atom stereocenters. The van der Waals surface area contributed by atoms with Gasteiger partial charge in [-0.15, -0.1) is 0 Å². The van der Waals surface area contributed by atoms with Crippen LogP contribution in [0.5, 0.6) is 0 Å². The van der Waals surface area contributed by atoms with Crippen molar-refractivity contribution in [3.8, 4) is 0 Å². The number of benzene rings is 2. The van der Waals surface area contributed by atoms with Gasteiger partial charge < -0.3 is 10.0 Å². The number of rotatable bonds is 2. The van der Waals surface area contributed by atoms with Crippen LogP contribution < -0.4 is 4.90 Å². The Bertz CT molecular complexity index is 691. The number of hydrogen-bond acceptors (Lipinski definition) is 2. The molecule has 1 fully saturated rings. The van der Waals surface area contributed by atoms with Gasteiger partial charge in [0.25, 0.3) is 5.91 Å². The van der Waals surface area contributed by atoms with Gasteiger partial charge in [0.2, 0.25) is 0 Å². The Balaban J connectivity index is 2.00. The van der Waals surface area contributed by atoms with Gasteiger partial charge in [-0.2, -0.15) is 0 Å². The summed E-state index contributed by atoms with van der Waals surface area (Å²) in [4.78, 5) is 14.0. The number of β-amino-alcohol motifs (C(OH)–C–C–N with tert-alkyl or cyclic N) is 1. The fourth-order valence-corrected chi connectivity index (χ4v) is 2.65. The molecular weight excluding hydrogens is 262 g/mol. The van der Waals surface area contributed by atoms with E-state index in [9.17, 15) is 9.90 Å². The molecule has 0 aromatic heterocycles. The second-order valence-corrected chi connectivity index (χ2v) is 5.43. The van der Waals surface area contributed by atoms with Crippen molar-refractivity contribution >= 4 is 11.6 Å². The van der Waals surface area contributed by atoms with E-state index >= 15 is 0 Å². The molecule has 1 aliphatic heterocycles. The fourth-order valence-electron chi connectivity index (χ4n) is 2.65. The number of hydrogen-bond donors (Lipinski definition) is 1. The first kappa shape index (κ1) is 13.6. The molecule has 2 aromatic carbocycles. The van der Waals surface area contributed by atoms with Gasteiger partial charge in [0.1, 0.15) is 5.60 Å². The summed E-state index contributed by atoms with van der Waals surface area (Å²) in [6.07, 6.45) is 0. The summed E-state index contributed by atoms with van der Waals surface area (Å²) in [5, 5.41) is 11.0. The van der Waals surface area contributed by atoms with Gasteiger partial charge in [-0.25, -0.2) is 0 Å². The maximum atomic E-state index is 12.4. The van der Waals surface area contributed by atoms with Crippen molar-refractivity contribution in [2.24, 2.45) is 0 Å². The average Bonchev–Trinajstić information content (AvgIpc) is 2.74. The van der Waals surface area contributed by atoms with Crippen molar-refractivity contribution in [3.05, 3.63) is 77.9 Å². The molecule has 0 aliphatic carbocycles. The number of nitrogens with zero attached hydrogens (tertiary/aromatic N) is 1. The van der Waals surface area contributed by atoms with Gasteiger partial charge in [0.15, 0.2) is 0 Å². The summed E-state index contributed by atoms with van der Waals surface area (Å²) in [5.41, 5.74) is 1.46. The topological polar surface area (TPSA) is 40.5 Å². The lowest BCUT2D eigenvalue weighted by Crippen LogP contribution is -2.31. The molecule has 1 N–H and O–H groups in total. The molecule has 3 rings (SSSR count). The molecule has 0 bridgehead atoms. The van der Waals surface area contributed by atoms with Gasteiger partial charge in [-0.3, -0.25) is 4.79 Å². The highest BCUT2D eigenvalue weighted by Gasteiger charge is 2.47. The number of amides is 1. The van der Waals surface area contributed by atoms with Crippen LogP contribution in [0, 0.1) is 6.92 Å². The summed E-state index contributed by atoms with van der Waals surface area (Å²) in [6.45, 7) is 6.00. The Hall–Kier alpha value is -2.39. The summed E-state index contributed by atoms with van der Waals surface area (Å²) in [7, 11) is 0. The van der Waals surface area contributed by atoms with Gasteiger partial charge in [-0.05, 0) is 24.6 Å². The predicted octanol–water partition coefficient (Wildman–Crippen LogP) is 2.79. The maximum Gasteiger partial charge on any atom is 0.257 e. The number of para-hydroxylation sites is 1. The quantitative estimate of drug-likeness (QED) is 0.859. The molecule has 1 unspecified atom stereocenters. The van der Waals surface area contributed by atoms with Crippen molar-refractivity contribution in [1.29, 1.82) is 0 Å². The van der Waals surface area contributed by atoms with Crippen LogP contribution in [0.4, 0.5) is 5.69 Å². The lowest BCUT2D eigenvalue weighted by Gasteiger charge is -2.24.